The van der Waals surface area contributed by atoms with Crippen LogP contribution in [0.4, 0.5) is 5.69 Å². The van der Waals surface area contributed by atoms with Gasteiger partial charge < -0.3 is 14.6 Å². The van der Waals surface area contributed by atoms with Gasteiger partial charge in [-0.05, 0) is 24.3 Å². The maximum atomic E-state index is 13.0. The quantitative estimate of drug-likeness (QED) is 0.627. The Balaban J connectivity index is 2.01. The Morgan fingerprint density at radius 3 is 2.63 bits per heavy atom. The SMILES string of the molecule is C#CCN1C(=O)C(O)(CC(=O)c2cc(OC)ccc2OC)c2ccccc21. The molecule has 27 heavy (non-hydrogen) atoms. The smallest absolute Gasteiger partial charge is 0.265 e. The molecular formula is C21H19NO5. The lowest BCUT2D eigenvalue weighted by Gasteiger charge is -2.22. The molecule has 0 saturated carbocycles. The van der Waals surface area contributed by atoms with Crippen molar-refractivity contribution in [3.8, 4) is 23.8 Å². The molecule has 1 heterocycles. The Morgan fingerprint density at radius 2 is 1.96 bits per heavy atom. The van der Waals surface area contributed by atoms with E-state index in [1.54, 1.807) is 36.4 Å². The molecule has 2 aromatic carbocycles. The molecule has 0 bridgehead atoms. The molecule has 1 aliphatic heterocycles. The normalized spacial score (nSPS) is 18.0. The van der Waals surface area contributed by atoms with Gasteiger partial charge in [-0.1, -0.05) is 24.1 Å². The summed E-state index contributed by atoms with van der Waals surface area (Å²) >= 11 is 0. The fourth-order valence-electron chi connectivity index (χ4n) is 3.29. The first-order chi connectivity index (χ1) is 13.0. The van der Waals surface area contributed by atoms with Gasteiger partial charge in [-0.2, -0.15) is 0 Å². The third-order valence-electron chi connectivity index (χ3n) is 4.61. The number of Topliss-reactive ketones (excluding diaryl/α,β-unsaturated/α-hetero) is 1. The zero-order valence-corrected chi connectivity index (χ0v) is 15.1. The summed E-state index contributed by atoms with van der Waals surface area (Å²) in [6.45, 7) is 0.00876. The van der Waals surface area contributed by atoms with Crippen molar-refractivity contribution in [1.82, 2.24) is 0 Å². The summed E-state index contributed by atoms with van der Waals surface area (Å²) in [5.41, 5.74) is -0.890. The first kappa shape index (κ1) is 18.5. The Labute approximate surface area is 157 Å². The Bertz CT molecular complexity index is 946. The zero-order chi connectivity index (χ0) is 19.6. The van der Waals surface area contributed by atoms with E-state index in [4.69, 9.17) is 15.9 Å². The number of benzene rings is 2. The number of hydrogen-bond donors (Lipinski definition) is 1. The number of amides is 1. The summed E-state index contributed by atoms with van der Waals surface area (Å²) in [6.07, 6.45) is 4.92. The second-order valence-corrected chi connectivity index (χ2v) is 6.14. The topological polar surface area (TPSA) is 76.1 Å². The number of methoxy groups -OCH3 is 2. The molecular weight excluding hydrogens is 346 g/mol. The molecule has 0 spiro atoms. The minimum Gasteiger partial charge on any atom is -0.497 e. The monoisotopic (exact) mass is 365 g/mol. The van der Waals surface area contributed by atoms with Crippen molar-refractivity contribution < 1.29 is 24.2 Å². The van der Waals surface area contributed by atoms with Crippen molar-refractivity contribution in [2.75, 3.05) is 25.7 Å². The van der Waals surface area contributed by atoms with Gasteiger partial charge in [-0.15, -0.1) is 6.42 Å². The lowest BCUT2D eigenvalue weighted by atomic mass is 9.88. The molecule has 1 unspecified atom stereocenters. The number of anilines is 1. The average Bonchev–Trinajstić information content (AvgIpc) is 2.90. The highest BCUT2D eigenvalue weighted by Gasteiger charge is 2.50. The fraction of sp³-hybridized carbons (Fsp3) is 0.238. The number of ketones is 1. The van der Waals surface area contributed by atoms with Gasteiger partial charge in [0.15, 0.2) is 11.4 Å². The maximum absolute atomic E-state index is 13.0. The highest BCUT2D eigenvalue weighted by Crippen LogP contribution is 2.43. The first-order valence-electron chi connectivity index (χ1n) is 8.28. The van der Waals surface area contributed by atoms with Crippen LogP contribution in [-0.4, -0.2) is 37.6 Å². The summed E-state index contributed by atoms with van der Waals surface area (Å²) < 4.78 is 10.4. The number of carbonyl (C=O) groups is 2. The molecule has 1 N–H and O–H groups in total. The Kier molecular flexibility index (Phi) is 4.89. The fourth-order valence-corrected chi connectivity index (χ4v) is 3.29. The van der Waals surface area contributed by atoms with Gasteiger partial charge in [0.2, 0.25) is 0 Å². The van der Waals surface area contributed by atoms with Gasteiger partial charge in [0.05, 0.1) is 38.4 Å². The molecule has 0 radical (unpaired) electrons. The number of aliphatic hydroxyl groups is 1. The predicted octanol–water partition coefficient (Wildman–Crippen LogP) is 2.14. The molecule has 0 fully saturated rings. The van der Waals surface area contributed by atoms with Gasteiger partial charge in [0.1, 0.15) is 11.5 Å². The van der Waals surface area contributed by atoms with Crippen LogP contribution in [0.25, 0.3) is 0 Å². The van der Waals surface area contributed by atoms with E-state index in [1.807, 2.05) is 0 Å². The van der Waals surface area contributed by atoms with E-state index in [9.17, 15) is 14.7 Å². The molecule has 0 aliphatic carbocycles. The summed E-state index contributed by atoms with van der Waals surface area (Å²) in [6, 6.07) is 11.6. The minimum absolute atomic E-state index is 0.00876. The standard InChI is InChI=1S/C21H19NO5/c1-4-11-22-17-8-6-5-7-16(17)21(25,20(22)24)13-18(23)15-12-14(26-2)9-10-19(15)27-3/h1,5-10,12,25H,11,13H2,2-3H3. The van der Waals surface area contributed by atoms with Crippen LogP contribution in [0, 0.1) is 12.3 Å². The van der Waals surface area contributed by atoms with Crippen LogP contribution < -0.4 is 14.4 Å². The van der Waals surface area contributed by atoms with Crippen molar-refractivity contribution in [2.45, 2.75) is 12.0 Å². The van der Waals surface area contributed by atoms with E-state index >= 15 is 0 Å². The molecule has 6 nitrogen and oxygen atoms in total. The summed E-state index contributed by atoms with van der Waals surface area (Å²) in [5, 5.41) is 11.2. The van der Waals surface area contributed by atoms with Crippen molar-refractivity contribution in [1.29, 1.82) is 0 Å². The minimum atomic E-state index is -1.99. The van der Waals surface area contributed by atoms with E-state index in [2.05, 4.69) is 5.92 Å². The molecule has 1 atom stereocenters. The summed E-state index contributed by atoms with van der Waals surface area (Å²) in [4.78, 5) is 27.2. The van der Waals surface area contributed by atoms with E-state index in [-0.39, 0.29) is 12.1 Å². The highest BCUT2D eigenvalue weighted by atomic mass is 16.5. The first-order valence-corrected chi connectivity index (χ1v) is 8.28. The second-order valence-electron chi connectivity index (χ2n) is 6.14. The van der Waals surface area contributed by atoms with Gasteiger partial charge in [0.25, 0.3) is 5.91 Å². The Morgan fingerprint density at radius 1 is 1.22 bits per heavy atom. The molecule has 1 aliphatic rings. The zero-order valence-electron chi connectivity index (χ0n) is 15.1. The van der Waals surface area contributed by atoms with Crippen LogP contribution >= 0.6 is 0 Å². The molecule has 0 aromatic heterocycles. The van der Waals surface area contributed by atoms with Crippen LogP contribution in [0.3, 0.4) is 0 Å². The predicted molar refractivity (Wildman–Crippen MR) is 100 cm³/mol. The molecule has 2 aromatic rings. The maximum Gasteiger partial charge on any atom is 0.265 e. The van der Waals surface area contributed by atoms with E-state index in [1.165, 1.54) is 25.2 Å². The molecule has 3 rings (SSSR count). The van der Waals surface area contributed by atoms with E-state index in [0.29, 0.717) is 22.7 Å². The van der Waals surface area contributed by atoms with Crippen LogP contribution in [-0.2, 0) is 10.4 Å². The van der Waals surface area contributed by atoms with Crippen molar-refractivity contribution in [3.05, 3.63) is 53.6 Å². The van der Waals surface area contributed by atoms with Gasteiger partial charge in [0, 0.05) is 5.56 Å². The Hall–Kier alpha value is -3.30. The van der Waals surface area contributed by atoms with Gasteiger partial charge in [-0.25, -0.2) is 0 Å². The molecule has 0 saturated heterocycles. The number of rotatable bonds is 6. The van der Waals surface area contributed by atoms with Crippen molar-refractivity contribution in [2.24, 2.45) is 0 Å². The van der Waals surface area contributed by atoms with Crippen LogP contribution in [0.15, 0.2) is 42.5 Å². The van der Waals surface area contributed by atoms with Crippen molar-refractivity contribution >= 4 is 17.4 Å². The van der Waals surface area contributed by atoms with E-state index in [0.717, 1.165) is 0 Å². The lowest BCUT2D eigenvalue weighted by Crippen LogP contribution is -2.42. The van der Waals surface area contributed by atoms with E-state index < -0.39 is 23.7 Å². The number of nitrogens with zero attached hydrogens (tertiary/aromatic N) is 1. The number of terminal acetylenes is 1. The molecule has 138 valence electrons. The average molecular weight is 365 g/mol. The van der Waals surface area contributed by atoms with Crippen LogP contribution in [0.1, 0.15) is 22.3 Å². The van der Waals surface area contributed by atoms with Gasteiger partial charge >= 0.3 is 0 Å². The lowest BCUT2D eigenvalue weighted by molar-refractivity contribution is -0.135. The highest BCUT2D eigenvalue weighted by molar-refractivity contribution is 6.11. The molecule has 1 amide bonds. The van der Waals surface area contributed by atoms with Crippen LogP contribution in [0.5, 0.6) is 11.5 Å². The number of carbonyl (C=O) groups excluding carboxylic acids is 2. The largest absolute Gasteiger partial charge is 0.497 e. The van der Waals surface area contributed by atoms with Crippen molar-refractivity contribution in [3.63, 3.8) is 0 Å². The number of ether oxygens (including phenoxy) is 2. The number of para-hydroxylation sites is 1. The summed E-state index contributed by atoms with van der Waals surface area (Å²) in [5.74, 6) is 2.16. The third-order valence-corrected chi connectivity index (χ3v) is 4.61. The van der Waals surface area contributed by atoms with Crippen LogP contribution in [0.2, 0.25) is 0 Å². The molecule has 6 heteroatoms. The number of fused-ring (bicyclic) bond motifs is 1. The van der Waals surface area contributed by atoms with Gasteiger partial charge in [-0.3, -0.25) is 14.5 Å². The summed E-state index contributed by atoms with van der Waals surface area (Å²) in [7, 11) is 2.93. The number of hydrogen-bond acceptors (Lipinski definition) is 5. The third kappa shape index (κ3) is 3.03. The second kappa shape index (κ2) is 7.14.